The van der Waals surface area contributed by atoms with Crippen molar-refractivity contribution in [1.82, 2.24) is 20.6 Å². The van der Waals surface area contributed by atoms with Gasteiger partial charge in [0.05, 0.1) is 23.8 Å². The molecule has 1 aliphatic heterocycles. The van der Waals surface area contributed by atoms with E-state index in [1.165, 1.54) is 18.2 Å². The highest BCUT2D eigenvalue weighted by molar-refractivity contribution is 6.02. The summed E-state index contributed by atoms with van der Waals surface area (Å²) in [4.78, 5) is 46.0. The molecule has 0 saturated carbocycles. The maximum atomic E-state index is 14.7. The van der Waals surface area contributed by atoms with Crippen molar-refractivity contribution < 1.29 is 18.8 Å². The number of hydrogen-bond acceptors (Lipinski definition) is 4. The first-order chi connectivity index (χ1) is 17.9. The number of carbonyl (C=O) groups excluding carboxylic acids is 3. The predicted molar refractivity (Wildman–Crippen MR) is 137 cm³/mol. The Labute approximate surface area is 212 Å². The lowest BCUT2D eigenvalue weighted by Crippen LogP contribution is -2.37. The average molecular weight is 497 g/mol. The normalized spacial score (nSPS) is 15.5. The van der Waals surface area contributed by atoms with E-state index >= 15 is 0 Å². The molecule has 1 unspecified atom stereocenters. The van der Waals surface area contributed by atoms with Crippen LogP contribution in [-0.2, 0) is 22.6 Å². The SMILES string of the molecule is CC1=C(C(=O)Cc2ccc3[nH]ccc3c2)C(c2ccc(F)c(C(=O)NCc3ccccn3)c2)NC(=O)C1. The zero-order valence-electron chi connectivity index (χ0n) is 20.2. The van der Waals surface area contributed by atoms with Crippen LogP contribution in [0.3, 0.4) is 0 Å². The fraction of sp³-hybridized carbons (Fsp3) is 0.172. The Kier molecular flexibility index (Phi) is 6.64. The van der Waals surface area contributed by atoms with E-state index in [-0.39, 0.29) is 36.6 Å². The van der Waals surface area contributed by atoms with E-state index in [2.05, 4.69) is 20.6 Å². The Balaban J connectivity index is 1.41. The zero-order chi connectivity index (χ0) is 25.9. The molecule has 3 heterocycles. The Morgan fingerprint density at radius 3 is 2.78 bits per heavy atom. The largest absolute Gasteiger partial charge is 0.361 e. The van der Waals surface area contributed by atoms with E-state index in [9.17, 15) is 18.8 Å². The number of aromatic amines is 1. The van der Waals surface area contributed by atoms with E-state index in [0.29, 0.717) is 22.4 Å². The molecule has 186 valence electrons. The zero-order valence-corrected chi connectivity index (χ0v) is 20.2. The van der Waals surface area contributed by atoms with Gasteiger partial charge in [0.1, 0.15) is 5.82 Å². The molecule has 7 nitrogen and oxygen atoms in total. The van der Waals surface area contributed by atoms with E-state index in [1.54, 1.807) is 31.3 Å². The van der Waals surface area contributed by atoms with Crippen molar-refractivity contribution in [2.45, 2.75) is 32.4 Å². The number of amides is 2. The van der Waals surface area contributed by atoms with Gasteiger partial charge in [-0.15, -0.1) is 0 Å². The van der Waals surface area contributed by atoms with Gasteiger partial charge in [-0.1, -0.05) is 23.8 Å². The number of H-pyrrole nitrogens is 1. The van der Waals surface area contributed by atoms with Crippen molar-refractivity contribution in [2.75, 3.05) is 0 Å². The lowest BCUT2D eigenvalue weighted by molar-refractivity contribution is -0.121. The van der Waals surface area contributed by atoms with Crippen molar-refractivity contribution >= 4 is 28.5 Å². The molecule has 5 rings (SSSR count). The van der Waals surface area contributed by atoms with Crippen LogP contribution in [0.1, 0.15) is 46.6 Å². The Hall–Kier alpha value is -4.59. The number of ketones is 1. The molecule has 3 N–H and O–H groups in total. The first-order valence-electron chi connectivity index (χ1n) is 11.9. The third-order valence-electron chi connectivity index (χ3n) is 6.49. The summed E-state index contributed by atoms with van der Waals surface area (Å²) in [5, 5.41) is 6.54. The molecule has 1 aliphatic rings. The number of aromatic nitrogens is 2. The number of Topliss-reactive ketones (excluding diaryl/α,β-unsaturated/α-hetero) is 1. The van der Waals surface area contributed by atoms with Gasteiger partial charge >= 0.3 is 0 Å². The van der Waals surface area contributed by atoms with E-state index in [4.69, 9.17) is 0 Å². The summed E-state index contributed by atoms with van der Waals surface area (Å²) in [5.74, 6) is -1.68. The molecule has 4 aromatic rings. The second kappa shape index (κ2) is 10.2. The number of fused-ring (bicyclic) bond motifs is 1. The molecule has 0 fully saturated rings. The molecule has 2 amide bonds. The van der Waals surface area contributed by atoms with Crippen LogP contribution in [-0.4, -0.2) is 27.6 Å². The molecule has 0 radical (unpaired) electrons. The fourth-order valence-electron chi connectivity index (χ4n) is 4.67. The number of nitrogens with one attached hydrogen (secondary N) is 3. The Bertz CT molecular complexity index is 1540. The summed E-state index contributed by atoms with van der Waals surface area (Å²) in [6, 6.07) is 16.3. The molecule has 37 heavy (non-hydrogen) atoms. The van der Waals surface area contributed by atoms with Crippen LogP contribution in [0.15, 0.2) is 84.2 Å². The number of nitrogens with zero attached hydrogens (tertiary/aromatic N) is 1. The molecule has 8 heteroatoms. The second-order valence-corrected chi connectivity index (χ2v) is 9.11. The number of halogens is 1. The molecule has 2 aromatic carbocycles. The van der Waals surface area contributed by atoms with Crippen LogP contribution in [0.4, 0.5) is 4.39 Å². The minimum absolute atomic E-state index is 0.104. The number of rotatable bonds is 7. The second-order valence-electron chi connectivity index (χ2n) is 9.11. The van der Waals surface area contributed by atoms with Gasteiger partial charge in [-0.2, -0.15) is 0 Å². The number of pyridine rings is 1. The highest BCUT2D eigenvalue weighted by Gasteiger charge is 2.31. The molecule has 2 aromatic heterocycles. The minimum atomic E-state index is -0.785. The van der Waals surface area contributed by atoms with Crippen molar-refractivity contribution in [2.24, 2.45) is 0 Å². The molecule has 0 spiro atoms. The predicted octanol–water partition coefficient (Wildman–Crippen LogP) is 4.32. The van der Waals surface area contributed by atoms with Crippen LogP contribution in [0, 0.1) is 5.82 Å². The van der Waals surface area contributed by atoms with E-state index < -0.39 is 17.8 Å². The van der Waals surface area contributed by atoms with E-state index in [1.807, 2.05) is 30.5 Å². The minimum Gasteiger partial charge on any atom is -0.361 e. The third kappa shape index (κ3) is 5.18. The quantitative estimate of drug-likeness (QED) is 0.354. The van der Waals surface area contributed by atoms with Crippen molar-refractivity contribution in [1.29, 1.82) is 0 Å². The lowest BCUT2D eigenvalue weighted by Gasteiger charge is -2.28. The van der Waals surface area contributed by atoms with Gasteiger partial charge in [0, 0.05) is 36.3 Å². The van der Waals surface area contributed by atoms with Crippen LogP contribution >= 0.6 is 0 Å². The van der Waals surface area contributed by atoms with Crippen molar-refractivity contribution in [3.8, 4) is 0 Å². The van der Waals surface area contributed by atoms with Crippen LogP contribution in [0.5, 0.6) is 0 Å². The summed E-state index contributed by atoms with van der Waals surface area (Å²) < 4.78 is 14.7. The van der Waals surface area contributed by atoms with Crippen LogP contribution < -0.4 is 10.6 Å². The van der Waals surface area contributed by atoms with Crippen LogP contribution in [0.2, 0.25) is 0 Å². The van der Waals surface area contributed by atoms with Gasteiger partial charge < -0.3 is 15.6 Å². The number of hydrogen-bond donors (Lipinski definition) is 3. The first kappa shape index (κ1) is 24.1. The molecule has 0 saturated heterocycles. The molecule has 0 bridgehead atoms. The smallest absolute Gasteiger partial charge is 0.254 e. The highest BCUT2D eigenvalue weighted by atomic mass is 19.1. The summed E-state index contributed by atoms with van der Waals surface area (Å²) in [7, 11) is 0. The maximum absolute atomic E-state index is 14.7. The summed E-state index contributed by atoms with van der Waals surface area (Å²) >= 11 is 0. The van der Waals surface area contributed by atoms with Crippen molar-refractivity contribution in [3.63, 3.8) is 0 Å². The topological polar surface area (TPSA) is 104 Å². The average Bonchev–Trinajstić information content (AvgIpc) is 3.35. The van der Waals surface area contributed by atoms with Crippen molar-refractivity contribution in [3.05, 3.63) is 112 Å². The summed E-state index contributed by atoms with van der Waals surface area (Å²) in [6.07, 6.45) is 3.71. The van der Waals surface area contributed by atoms with Crippen LogP contribution in [0.25, 0.3) is 10.9 Å². The maximum Gasteiger partial charge on any atom is 0.254 e. The number of carbonyl (C=O) groups is 3. The number of benzene rings is 2. The standard InChI is InChI=1S/C29H25FN4O3/c1-17-12-26(36)34-28(27(17)25(35)14-18-5-8-24-19(13-18)9-11-32-24)20-6-7-23(30)22(15-20)29(37)33-16-21-4-2-3-10-31-21/h2-11,13,15,28,32H,12,14,16H2,1H3,(H,33,37)(H,34,36). The molecular weight excluding hydrogens is 471 g/mol. The highest BCUT2D eigenvalue weighted by Crippen LogP contribution is 2.32. The Morgan fingerprint density at radius 1 is 1.11 bits per heavy atom. The van der Waals surface area contributed by atoms with Gasteiger partial charge in [0.2, 0.25) is 5.91 Å². The third-order valence-corrected chi connectivity index (χ3v) is 6.49. The van der Waals surface area contributed by atoms with Gasteiger partial charge in [-0.3, -0.25) is 19.4 Å². The van der Waals surface area contributed by atoms with Gasteiger partial charge in [0.15, 0.2) is 5.78 Å². The lowest BCUT2D eigenvalue weighted by atomic mass is 9.85. The molecular formula is C29H25FN4O3. The molecule has 0 aliphatic carbocycles. The summed E-state index contributed by atoms with van der Waals surface area (Å²) in [6.45, 7) is 1.90. The van der Waals surface area contributed by atoms with Gasteiger partial charge in [0.25, 0.3) is 5.91 Å². The monoisotopic (exact) mass is 496 g/mol. The van der Waals surface area contributed by atoms with Gasteiger partial charge in [-0.05, 0) is 65.9 Å². The fourth-order valence-corrected chi connectivity index (χ4v) is 4.67. The Morgan fingerprint density at radius 2 is 1.97 bits per heavy atom. The molecule has 1 atom stereocenters. The first-order valence-corrected chi connectivity index (χ1v) is 11.9. The van der Waals surface area contributed by atoms with Gasteiger partial charge in [-0.25, -0.2) is 4.39 Å². The van der Waals surface area contributed by atoms with E-state index in [0.717, 1.165) is 16.5 Å². The summed E-state index contributed by atoms with van der Waals surface area (Å²) in [5.41, 5.74) is 3.87.